The zero-order chi connectivity index (χ0) is 23.8. The van der Waals surface area contributed by atoms with Gasteiger partial charge in [0.1, 0.15) is 11.5 Å². The second-order valence-corrected chi connectivity index (χ2v) is 9.24. The average Bonchev–Trinajstić information content (AvgIpc) is 3.03. The van der Waals surface area contributed by atoms with Crippen LogP contribution in [0.15, 0.2) is 77.8 Å². The molecule has 1 aliphatic heterocycles. The Morgan fingerprint density at radius 1 is 1.00 bits per heavy atom. The van der Waals surface area contributed by atoms with Gasteiger partial charge in [-0.25, -0.2) is 4.99 Å². The average molecular weight is 466 g/mol. The lowest BCUT2D eigenvalue weighted by Gasteiger charge is -2.27. The van der Waals surface area contributed by atoms with Crippen molar-refractivity contribution >= 4 is 22.0 Å². The van der Waals surface area contributed by atoms with Crippen LogP contribution in [0.3, 0.4) is 0 Å². The topological polar surface area (TPSA) is 122 Å². The SMILES string of the molecule is COc1cccc(-c2cccc(C3(c4cccc(CS(=O)(=O)O)c4)N=C(N)N(C)C3=O)c2)c1. The number of rotatable bonds is 6. The van der Waals surface area contributed by atoms with Crippen LogP contribution in [0.5, 0.6) is 5.75 Å². The summed E-state index contributed by atoms with van der Waals surface area (Å²) in [5.41, 5.74) is 7.64. The second-order valence-electron chi connectivity index (χ2n) is 7.78. The summed E-state index contributed by atoms with van der Waals surface area (Å²) in [6, 6.07) is 21.4. The van der Waals surface area contributed by atoms with Crippen molar-refractivity contribution in [2.24, 2.45) is 10.7 Å². The fraction of sp³-hybridized carbons (Fsp3) is 0.167. The molecule has 3 N–H and O–H groups in total. The number of benzene rings is 3. The number of likely N-dealkylation sites (N-methyl/N-ethyl adjacent to an activating group) is 1. The molecule has 1 heterocycles. The number of ether oxygens (including phenoxy) is 1. The van der Waals surface area contributed by atoms with E-state index in [9.17, 15) is 17.8 Å². The van der Waals surface area contributed by atoms with Crippen molar-refractivity contribution in [3.05, 3.63) is 89.5 Å². The van der Waals surface area contributed by atoms with Crippen LogP contribution in [-0.2, 0) is 26.2 Å². The summed E-state index contributed by atoms with van der Waals surface area (Å²) in [6.45, 7) is 0. The summed E-state index contributed by atoms with van der Waals surface area (Å²) >= 11 is 0. The molecule has 4 rings (SSSR count). The van der Waals surface area contributed by atoms with Crippen molar-refractivity contribution in [2.75, 3.05) is 14.2 Å². The van der Waals surface area contributed by atoms with Gasteiger partial charge in [0.15, 0.2) is 11.5 Å². The molecule has 0 spiro atoms. The van der Waals surface area contributed by atoms with Gasteiger partial charge in [-0.2, -0.15) is 8.42 Å². The highest BCUT2D eigenvalue weighted by molar-refractivity contribution is 7.85. The molecule has 0 saturated heterocycles. The maximum absolute atomic E-state index is 13.5. The molecule has 8 nitrogen and oxygen atoms in total. The maximum Gasteiger partial charge on any atom is 0.269 e. The van der Waals surface area contributed by atoms with Crippen molar-refractivity contribution in [3.8, 4) is 16.9 Å². The highest BCUT2D eigenvalue weighted by Crippen LogP contribution is 2.41. The number of hydrogen-bond acceptors (Lipinski definition) is 6. The number of guanidine groups is 1. The van der Waals surface area contributed by atoms with Gasteiger partial charge in [-0.3, -0.25) is 14.2 Å². The lowest BCUT2D eigenvalue weighted by Crippen LogP contribution is -2.41. The van der Waals surface area contributed by atoms with Crippen LogP contribution >= 0.6 is 0 Å². The maximum atomic E-state index is 13.5. The van der Waals surface area contributed by atoms with E-state index in [1.54, 1.807) is 37.4 Å². The molecule has 0 aliphatic carbocycles. The Morgan fingerprint density at radius 2 is 1.61 bits per heavy atom. The number of carbonyl (C=O) groups excluding carboxylic acids is 1. The van der Waals surface area contributed by atoms with Gasteiger partial charge in [0.05, 0.1) is 7.11 Å². The van der Waals surface area contributed by atoms with Crippen molar-refractivity contribution in [1.29, 1.82) is 0 Å². The molecule has 0 saturated carbocycles. The van der Waals surface area contributed by atoms with E-state index in [1.165, 1.54) is 11.9 Å². The molecule has 3 aromatic carbocycles. The molecule has 9 heteroatoms. The molecule has 170 valence electrons. The van der Waals surface area contributed by atoms with Crippen LogP contribution in [0.2, 0.25) is 0 Å². The van der Waals surface area contributed by atoms with E-state index in [4.69, 9.17) is 10.5 Å². The van der Waals surface area contributed by atoms with E-state index < -0.39 is 21.4 Å². The van der Waals surface area contributed by atoms with Gasteiger partial charge in [0, 0.05) is 7.05 Å². The molecule has 1 amide bonds. The summed E-state index contributed by atoms with van der Waals surface area (Å²) in [4.78, 5) is 19.4. The summed E-state index contributed by atoms with van der Waals surface area (Å²) in [5, 5.41) is 0. The molecule has 3 aromatic rings. The number of nitrogens with zero attached hydrogens (tertiary/aromatic N) is 2. The van der Waals surface area contributed by atoms with Gasteiger partial charge in [-0.05, 0) is 46.0 Å². The van der Waals surface area contributed by atoms with E-state index in [1.807, 2.05) is 42.5 Å². The molecule has 1 unspecified atom stereocenters. The highest BCUT2D eigenvalue weighted by Gasteiger charge is 2.49. The molecule has 1 atom stereocenters. The van der Waals surface area contributed by atoms with Gasteiger partial charge in [0.25, 0.3) is 16.0 Å². The Kier molecular flexibility index (Phi) is 5.69. The first-order valence-corrected chi connectivity index (χ1v) is 11.7. The minimum absolute atomic E-state index is 0.0481. The molecular formula is C24H23N3O5S. The van der Waals surface area contributed by atoms with Gasteiger partial charge >= 0.3 is 0 Å². The Bertz CT molecular complexity index is 1370. The molecule has 0 bridgehead atoms. The molecule has 0 aromatic heterocycles. The summed E-state index contributed by atoms with van der Waals surface area (Å²) < 4.78 is 37.5. The van der Waals surface area contributed by atoms with E-state index in [2.05, 4.69) is 4.99 Å². The standard InChI is InChI=1S/C24H23N3O5S/c1-27-22(28)24(26-23(27)25,19-9-3-6-16(12-19)15-33(29,30)31)20-10-4-7-17(13-20)18-8-5-11-21(14-18)32-2/h3-14H,15H2,1-2H3,(H2,25,26)(H,29,30,31). The van der Waals surface area contributed by atoms with E-state index in [0.717, 1.165) is 11.1 Å². The monoisotopic (exact) mass is 465 g/mol. The first kappa shape index (κ1) is 22.5. The fourth-order valence-corrected chi connectivity index (χ4v) is 4.61. The minimum Gasteiger partial charge on any atom is -0.497 e. The molecular weight excluding hydrogens is 442 g/mol. The normalized spacial score (nSPS) is 18.3. The van der Waals surface area contributed by atoms with Crippen LogP contribution in [0, 0.1) is 0 Å². The first-order chi connectivity index (χ1) is 15.6. The predicted octanol–water partition coefficient (Wildman–Crippen LogP) is 2.78. The first-order valence-electron chi connectivity index (χ1n) is 10.1. The Labute approximate surface area is 192 Å². The van der Waals surface area contributed by atoms with Crippen LogP contribution in [-0.4, -0.2) is 43.9 Å². The van der Waals surface area contributed by atoms with Crippen molar-refractivity contribution in [1.82, 2.24) is 4.90 Å². The number of carbonyl (C=O) groups is 1. The Balaban J connectivity index is 1.91. The lowest BCUT2D eigenvalue weighted by molar-refractivity contribution is -0.129. The van der Waals surface area contributed by atoms with E-state index >= 15 is 0 Å². The second kappa shape index (κ2) is 8.34. The van der Waals surface area contributed by atoms with Crippen molar-refractivity contribution in [2.45, 2.75) is 11.3 Å². The number of amides is 1. The highest BCUT2D eigenvalue weighted by atomic mass is 32.2. The lowest BCUT2D eigenvalue weighted by atomic mass is 9.81. The van der Waals surface area contributed by atoms with Crippen LogP contribution < -0.4 is 10.5 Å². The summed E-state index contributed by atoms with van der Waals surface area (Å²) in [7, 11) is -1.12. The summed E-state index contributed by atoms with van der Waals surface area (Å²) in [6.07, 6.45) is 0. The third kappa shape index (κ3) is 4.20. The smallest absolute Gasteiger partial charge is 0.269 e. The fourth-order valence-electron chi connectivity index (χ4n) is 4.01. The predicted molar refractivity (Wildman–Crippen MR) is 125 cm³/mol. The number of hydrogen-bond donors (Lipinski definition) is 2. The summed E-state index contributed by atoms with van der Waals surface area (Å²) in [5.74, 6) is -0.201. The zero-order valence-electron chi connectivity index (χ0n) is 18.1. The third-order valence-corrected chi connectivity index (χ3v) is 6.32. The number of aliphatic imine (C=N–C) groups is 1. The molecule has 0 radical (unpaired) electrons. The largest absolute Gasteiger partial charge is 0.497 e. The van der Waals surface area contributed by atoms with Gasteiger partial charge in [-0.1, -0.05) is 54.6 Å². The molecule has 33 heavy (non-hydrogen) atoms. The van der Waals surface area contributed by atoms with E-state index in [0.29, 0.717) is 22.4 Å². The third-order valence-electron chi connectivity index (χ3n) is 5.62. The van der Waals surface area contributed by atoms with Gasteiger partial charge in [-0.15, -0.1) is 0 Å². The zero-order valence-corrected chi connectivity index (χ0v) is 18.9. The van der Waals surface area contributed by atoms with Crippen LogP contribution in [0.1, 0.15) is 16.7 Å². The number of methoxy groups -OCH3 is 1. The van der Waals surface area contributed by atoms with Crippen LogP contribution in [0.4, 0.5) is 0 Å². The quantitative estimate of drug-likeness (QED) is 0.540. The Hall–Kier alpha value is -3.69. The Morgan fingerprint density at radius 3 is 2.21 bits per heavy atom. The van der Waals surface area contributed by atoms with Gasteiger partial charge in [0.2, 0.25) is 0 Å². The van der Waals surface area contributed by atoms with Crippen LogP contribution in [0.25, 0.3) is 11.1 Å². The van der Waals surface area contributed by atoms with Crippen molar-refractivity contribution in [3.63, 3.8) is 0 Å². The molecule has 1 aliphatic rings. The van der Waals surface area contributed by atoms with E-state index in [-0.39, 0.29) is 11.9 Å². The van der Waals surface area contributed by atoms with Crippen molar-refractivity contribution < 1.29 is 22.5 Å². The number of nitrogens with two attached hydrogens (primary N) is 1. The minimum atomic E-state index is -4.25. The molecule has 0 fully saturated rings. The van der Waals surface area contributed by atoms with Gasteiger partial charge < -0.3 is 10.5 Å².